The van der Waals surface area contributed by atoms with Gasteiger partial charge in [-0.15, -0.1) is 0 Å². The predicted molar refractivity (Wildman–Crippen MR) is 74.8 cm³/mol. The highest BCUT2D eigenvalue weighted by atomic mass is 16.2. The number of nitrogen functional groups attached to an aromatic ring is 1. The second-order valence-corrected chi connectivity index (χ2v) is 4.68. The van der Waals surface area contributed by atoms with Crippen molar-refractivity contribution in [1.82, 2.24) is 25.0 Å². The van der Waals surface area contributed by atoms with E-state index in [1.54, 1.807) is 15.9 Å². The predicted octanol–water partition coefficient (Wildman–Crippen LogP) is 0.552. The van der Waals surface area contributed by atoms with Gasteiger partial charge in [0.25, 0.3) is 0 Å². The highest BCUT2D eigenvalue weighted by Crippen LogP contribution is 2.16. The van der Waals surface area contributed by atoms with Crippen molar-refractivity contribution in [3.05, 3.63) is 30.6 Å². The Hall–Kier alpha value is -2.57. The molecule has 3 rings (SSSR count). The number of nitrogens with one attached hydrogen (secondary N) is 1. The van der Waals surface area contributed by atoms with Gasteiger partial charge in [0.2, 0.25) is 0 Å². The highest BCUT2D eigenvalue weighted by Gasteiger charge is 2.18. The normalized spacial score (nSPS) is 14.6. The summed E-state index contributed by atoms with van der Waals surface area (Å²) in [5, 5.41) is 7.17. The van der Waals surface area contributed by atoms with Gasteiger partial charge in [-0.25, -0.2) is 9.78 Å². The zero-order valence-corrected chi connectivity index (χ0v) is 11.0. The standard InChI is InChI=1S/C13H16N6O/c14-11-3-1-2-10(8-11)12-16-9-19(17-12)7-6-18-5-4-15-13(18)20/h1-3,8-9H,4-7,14H2,(H,15,20). The molecule has 1 fully saturated rings. The molecule has 0 saturated carbocycles. The zero-order chi connectivity index (χ0) is 13.9. The summed E-state index contributed by atoms with van der Waals surface area (Å²) in [7, 11) is 0. The molecule has 20 heavy (non-hydrogen) atoms. The van der Waals surface area contributed by atoms with E-state index in [4.69, 9.17) is 5.73 Å². The molecule has 3 N–H and O–H groups in total. The second-order valence-electron chi connectivity index (χ2n) is 4.68. The monoisotopic (exact) mass is 272 g/mol. The van der Waals surface area contributed by atoms with Gasteiger partial charge in [-0.05, 0) is 12.1 Å². The number of benzene rings is 1. The fourth-order valence-corrected chi connectivity index (χ4v) is 2.16. The minimum Gasteiger partial charge on any atom is -0.399 e. The number of hydrogen-bond acceptors (Lipinski definition) is 4. The van der Waals surface area contributed by atoms with Gasteiger partial charge in [0, 0.05) is 30.9 Å². The van der Waals surface area contributed by atoms with E-state index in [1.165, 1.54) is 0 Å². The Kier molecular flexibility index (Phi) is 3.24. The van der Waals surface area contributed by atoms with Gasteiger partial charge in [0.1, 0.15) is 6.33 Å². The summed E-state index contributed by atoms with van der Waals surface area (Å²) < 4.78 is 1.74. The Morgan fingerprint density at radius 2 is 2.25 bits per heavy atom. The summed E-state index contributed by atoms with van der Waals surface area (Å²) in [6.45, 7) is 2.72. The van der Waals surface area contributed by atoms with Crippen LogP contribution in [0.25, 0.3) is 11.4 Å². The lowest BCUT2D eigenvalue weighted by Gasteiger charge is -2.13. The molecular weight excluding hydrogens is 256 g/mol. The van der Waals surface area contributed by atoms with Crippen LogP contribution < -0.4 is 11.1 Å². The number of hydrogen-bond donors (Lipinski definition) is 2. The van der Waals surface area contributed by atoms with Crippen molar-refractivity contribution in [3.8, 4) is 11.4 Å². The Balaban J connectivity index is 1.66. The molecule has 0 radical (unpaired) electrons. The van der Waals surface area contributed by atoms with Gasteiger partial charge >= 0.3 is 6.03 Å². The number of rotatable bonds is 4. The number of amides is 2. The first-order valence-corrected chi connectivity index (χ1v) is 6.50. The lowest BCUT2D eigenvalue weighted by Crippen LogP contribution is -2.31. The van der Waals surface area contributed by atoms with Crippen LogP contribution in [-0.2, 0) is 6.54 Å². The number of carbonyl (C=O) groups is 1. The maximum Gasteiger partial charge on any atom is 0.317 e. The molecule has 104 valence electrons. The third-order valence-corrected chi connectivity index (χ3v) is 3.23. The first-order valence-electron chi connectivity index (χ1n) is 6.50. The molecule has 1 aliphatic rings. The van der Waals surface area contributed by atoms with E-state index in [0.717, 1.165) is 12.1 Å². The van der Waals surface area contributed by atoms with Gasteiger partial charge in [-0.1, -0.05) is 12.1 Å². The Labute approximate surface area is 116 Å². The van der Waals surface area contributed by atoms with Crippen molar-refractivity contribution in [3.63, 3.8) is 0 Å². The molecule has 1 aliphatic heterocycles. The highest BCUT2D eigenvalue weighted by molar-refractivity contribution is 5.76. The zero-order valence-electron chi connectivity index (χ0n) is 11.0. The number of anilines is 1. The van der Waals surface area contributed by atoms with Crippen molar-refractivity contribution < 1.29 is 4.79 Å². The molecule has 2 heterocycles. The van der Waals surface area contributed by atoms with Crippen LogP contribution >= 0.6 is 0 Å². The minimum absolute atomic E-state index is 0.0128. The summed E-state index contributed by atoms with van der Waals surface area (Å²) in [6.07, 6.45) is 1.67. The van der Waals surface area contributed by atoms with Gasteiger partial charge in [-0.2, -0.15) is 5.10 Å². The van der Waals surface area contributed by atoms with Gasteiger partial charge in [0.15, 0.2) is 5.82 Å². The van der Waals surface area contributed by atoms with E-state index < -0.39 is 0 Å². The third kappa shape index (κ3) is 2.56. The summed E-state index contributed by atoms with van der Waals surface area (Å²) in [6, 6.07) is 7.45. The fourth-order valence-electron chi connectivity index (χ4n) is 2.16. The Morgan fingerprint density at radius 3 is 3.00 bits per heavy atom. The molecule has 1 saturated heterocycles. The number of aromatic nitrogens is 3. The van der Waals surface area contributed by atoms with Crippen LogP contribution in [0.2, 0.25) is 0 Å². The summed E-state index contributed by atoms with van der Waals surface area (Å²) in [4.78, 5) is 17.5. The number of carbonyl (C=O) groups excluding carboxylic acids is 1. The van der Waals surface area contributed by atoms with E-state index in [-0.39, 0.29) is 6.03 Å². The molecule has 0 aliphatic carbocycles. The topological polar surface area (TPSA) is 89.1 Å². The van der Waals surface area contributed by atoms with Crippen LogP contribution in [0.3, 0.4) is 0 Å². The molecule has 7 nitrogen and oxygen atoms in total. The van der Waals surface area contributed by atoms with E-state index in [1.807, 2.05) is 24.3 Å². The molecule has 1 aromatic carbocycles. The smallest absolute Gasteiger partial charge is 0.317 e. The maximum atomic E-state index is 11.4. The summed E-state index contributed by atoms with van der Waals surface area (Å²) in [5.74, 6) is 0.642. The van der Waals surface area contributed by atoms with Crippen LogP contribution in [0, 0.1) is 0 Å². The molecule has 0 bridgehead atoms. The number of urea groups is 1. The molecule has 2 aromatic rings. The van der Waals surface area contributed by atoms with E-state index >= 15 is 0 Å². The average molecular weight is 272 g/mol. The molecule has 2 amide bonds. The second kappa shape index (κ2) is 5.20. The van der Waals surface area contributed by atoms with Crippen molar-refractivity contribution in [2.24, 2.45) is 0 Å². The number of nitrogens with two attached hydrogens (primary N) is 1. The fraction of sp³-hybridized carbons (Fsp3) is 0.308. The van der Waals surface area contributed by atoms with E-state index in [2.05, 4.69) is 15.4 Å². The van der Waals surface area contributed by atoms with Crippen LogP contribution in [0.4, 0.5) is 10.5 Å². The van der Waals surface area contributed by atoms with Crippen molar-refractivity contribution >= 4 is 11.7 Å². The van der Waals surface area contributed by atoms with Crippen LogP contribution in [0.5, 0.6) is 0 Å². The van der Waals surface area contributed by atoms with Crippen molar-refractivity contribution in [2.45, 2.75) is 6.54 Å². The van der Waals surface area contributed by atoms with Gasteiger partial charge in [0.05, 0.1) is 6.54 Å². The maximum absolute atomic E-state index is 11.4. The van der Waals surface area contributed by atoms with Crippen LogP contribution in [0.1, 0.15) is 0 Å². The third-order valence-electron chi connectivity index (χ3n) is 3.23. The minimum atomic E-state index is -0.0128. The number of nitrogens with zero attached hydrogens (tertiary/aromatic N) is 4. The molecule has 0 spiro atoms. The van der Waals surface area contributed by atoms with Crippen molar-refractivity contribution in [2.75, 3.05) is 25.4 Å². The Bertz CT molecular complexity index is 623. The van der Waals surface area contributed by atoms with Crippen LogP contribution in [0.15, 0.2) is 30.6 Å². The quantitative estimate of drug-likeness (QED) is 0.796. The average Bonchev–Trinajstić information content (AvgIpc) is 3.05. The first-order chi connectivity index (χ1) is 9.72. The lowest BCUT2D eigenvalue weighted by atomic mass is 10.2. The largest absolute Gasteiger partial charge is 0.399 e. The molecular formula is C13H16N6O. The Morgan fingerprint density at radius 1 is 1.35 bits per heavy atom. The molecule has 0 unspecified atom stereocenters. The van der Waals surface area contributed by atoms with Crippen LogP contribution in [-0.4, -0.2) is 45.3 Å². The van der Waals surface area contributed by atoms with E-state index in [9.17, 15) is 4.79 Å². The molecule has 1 aromatic heterocycles. The van der Waals surface area contributed by atoms with Crippen molar-refractivity contribution in [1.29, 1.82) is 0 Å². The van der Waals surface area contributed by atoms with Gasteiger partial charge < -0.3 is 16.0 Å². The molecule has 7 heteroatoms. The lowest BCUT2D eigenvalue weighted by molar-refractivity contribution is 0.215. The summed E-state index contributed by atoms with van der Waals surface area (Å²) in [5.41, 5.74) is 7.32. The molecule has 0 atom stereocenters. The first kappa shape index (κ1) is 12.5. The SMILES string of the molecule is Nc1cccc(-c2ncn(CCN3CCNC3=O)n2)c1. The van der Waals surface area contributed by atoms with E-state index in [0.29, 0.717) is 31.1 Å². The summed E-state index contributed by atoms with van der Waals surface area (Å²) >= 11 is 0. The van der Waals surface area contributed by atoms with Gasteiger partial charge in [-0.3, -0.25) is 4.68 Å².